The molecule has 0 fully saturated rings. The van der Waals surface area contributed by atoms with Crippen LogP contribution in [-0.4, -0.2) is 21.0 Å². The molecule has 0 saturated heterocycles. The van der Waals surface area contributed by atoms with Crippen LogP contribution in [-0.2, 0) is 10.5 Å². The largest absolute Gasteiger partial charge is 0.325 e. The predicted octanol–water partition coefficient (Wildman–Crippen LogP) is 3.59. The van der Waals surface area contributed by atoms with E-state index in [1.807, 2.05) is 12.3 Å². The van der Waals surface area contributed by atoms with Crippen molar-refractivity contribution in [1.29, 1.82) is 0 Å². The molecule has 8 heteroatoms. The summed E-state index contributed by atoms with van der Waals surface area (Å²) in [6.07, 6.45) is 0. The normalized spacial score (nSPS) is 10.9. The van der Waals surface area contributed by atoms with Crippen LogP contribution < -0.4 is 10.9 Å². The molecule has 1 amide bonds. The van der Waals surface area contributed by atoms with Gasteiger partial charge < -0.3 is 5.32 Å². The summed E-state index contributed by atoms with van der Waals surface area (Å²) < 4.78 is 1.59. The highest BCUT2D eigenvalue weighted by molar-refractivity contribution is 7.99. The van der Waals surface area contributed by atoms with Crippen molar-refractivity contribution in [3.05, 3.63) is 62.5 Å². The van der Waals surface area contributed by atoms with Crippen LogP contribution in [0, 0.1) is 6.92 Å². The molecule has 2 aromatic heterocycles. The van der Waals surface area contributed by atoms with E-state index in [2.05, 4.69) is 10.3 Å². The van der Waals surface area contributed by atoms with Crippen LogP contribution in [0.25, 0.3) is 4.96 Å². The highest BCUT2D eigenvalue weighted by Crippen LogP contribution is 2.16. The zero-order valence-electron chi connectivity index (χ0n) is 12.8. The zero-order chi connectivity index (χ0) is 17.1. The number of thiazole rings is 1. The molecule has 1 N–H and O–H groups in total. The van der Waals surface area contributed by atoms with Crippen molar-refractivity contribution >= 4 is 51.3 Å². The summed E-state index contributed by atoms with van der Waals surface area (Å²) in [5.41, 5.74) is 2.19. The summed E-state index contributed by atoms with van der Waals surface area (Å²) in [4.78, 5) is 29.1. The van der Waals surface area contributed by atoms with Gasteiger partial charge in [0.25, 0.3) is 5.56 Å². The van der Waals surface area contributed by atoms with Crippen molar-refractivity contribution < 1.29 is 4.79 Å². The van der Waals surface area contributed by atoms with E-state index in [4.69, 9.17) is 11.6 Å². The summed E-state index contributed by atoms with van der Waals surface area (Å²) in [5.74, 6) is 0.691. The molecule has 5 nitrogen and oxygen atoms in total. The molecule has 1 aromatic carbocycles. The average molecular weight is 380 g/mol. The number of carbonyl (C=O) groups is 1. The monoisotopic (exact) mass is 379 g/mol. The number of carbonyl (C=O) groups excluding carboxylic acids is 1. The zero-order valence-corrected chi connectivity index (χ0v) is 15.2. The summed E-state index contributed by atoms with van der Waals surface area (Å²) >= 11 is 8.66. The summed E-state index contributed by atoms with van der Waals surface area (Å²) in [7, 11) is 0. The van der Waals surface area contributed by atoms with Crippen LogP contribution >= 0.6 is 34.7 Å². The third-order valence-corrected chi connectivity index (χ3v) is 5.40. The molecule has 24 heavy (non-hydrogen) atoms. The summed E-state index contributed by atoms with van der Waals surface area (Å²) in [6.45, 7) is 1.88. The lowest BCUT2D eigenvalue weighted by molar-refractivity contribution is -0.113. The number of amides is 1. The van der Waals surface area contributed by atoms with Crippen molar-refractivity contribution in [2.75, 3.05) is 11.1 Å². The van der Waals surface area contributed by atoms with Crippen LogP contribution in [0.5, 0.6) is 0 Å². The van der Waals surface area contributed by atoms with Gasteiger partial charge in [0.2, 0.25) is 5.91 Å². The van der Waals surface area contributed by atoms with E-state index in [0.29, 0.717) is 27.1 Å². The Morgan fingerprint density at radius 2 is 2.12 bits per heavy atom. The van der Waals surface area contributed by atoms with Gasteiger partial charge in [-0.3, -0.25) is 14.0 Å². The number of benzene rings is 1. The Balaban J connectivity index is 1.57. The van der Waals surface area contributed by atoms with Gasteiger partial charge in [0.15, 0.2) is 4.96 Å². The first kappa shape index (κ1) is 17.0. The Morgan fingerprint density at radius 1 is 1.38 bits per heavy atom. The SMILES string of the molecule is Cc1csc2nc(CSCC(=O)Nc3ccc(Cl)cc3)cc(=O)n12. The van der Waals surface area contributed by atoms with Gasteiger partial charge in [-0.15, -0.1) is 23.1 Å². The highest BCUT2D eigenvalue weighted by Gasteiger charge is 2.08. The molecule has 3 aromatic rings. The maximum atomic E-state index is 12.1. The number of nitrogens with zero attached hydrogens (tertiary/aromatic N) is 2. The molecule has 0 aliphatic carbocycles. The highest BCUT2D eigenvalue weighted by atomic mass is 35.5. The molecule has 3 rings (SSSR count). The van der Waals surface area contributed by atoms with Crippen LogP contribution in [0.2, 0.25) is 5.02 Å². The Hall–Kier alpha value is -1.83. The quantitative estimate of drug-likeness (QED) is 0.735. The lowest BCUT2D eigenvalue weighted by atomic mass is 10.3. The Bertz CT molecular complexity index is 935. The number of thioether (sulfide) groups is 1. The minimum absolute atomic E-state index is 0.0834. The molecule has 0 bridgehead atoms. The standard InChI is InChI=1S/C16H14ClN3O2S2/c1-10-7-24-16-19-13(6-15(22)20(10)16)8-23-9-14(21)18-12-4-2-11(17)3-5-12/h2-7H,8-9H2,1H3,(H,18,21). The number of aryl methyl sites for hydroxylation is 1. The topological polar surface area (TPSA) is 63.5 Å². The molecule has 0 unspecified atom stereocenters. The van der Waals surface area contributed by atoms with Crippen molar-refractivity contribution in [1.82, 2.24) is 9.38 Å². The molecule has 0 aliphatic heterocycles. The van der Waals surface area contributed by atoms with Crippen molar-refractivity contribution in [3.63, 3.8) is 0 Å². The van der Waals surface area contributed by atoms with Gasteiger partial charge in [-0.05, 0) is 31.2 Å². The molecule has 0 saturated carbocycles. The van der Waals surface area contributed by atoms with Gasteiger partial charge in [-0.25, -0.2) is 4.98 Å². The van der Waals surface area contributed by atoms with E-state index in [-0.39, 0.29) is 17.2 Å². The lowest BCUT2D eigenvalue weighted by Gasteiger charge is -2.05. The number of aromatic nitrogens is 2. The second-order valence-electron chi connectivity index (χ2n) is 5.13. The van der Waals surface area contributed by atoms with Gasteiger partial charge in [-0.2, -0.15) is 0 Å². The minimum atomic E-state index is -0.105. The molecule has 0 atom stereocenters. The molecule has 2 heterocycles. The lowest BCUT2D eigenvalue weighted by Crippen LogP contribution is -2.16. The van der Waals surface area contributed by atoms with Gasteiger partial charge in [-0.1, -0.05) is 11.6 Å². The van der Waals surface area contributed by atoms with Crippen LogP contribution in [0.15, 0.2) is 40.5 Å². The van der Waals surface area contributed by atoms with Crippen molar-refractivity contribution in [2.45, 2.75) is 12.7 Å². The van der Waals surface area contributed by atoms with Crippen LogP contribution in [0.4, 0.5) is 5.69 Å². The van der Waals surface area contributed by atoms with E-state index in [0.717, 1.165) is 5.69 Å². The number of halogens is 1. The first-order valence-corrected chi connectivity index (χ1v) is 9.54. The van der Waals surface area contributed by atoms with Gasteiger partial charge in [0.1, 0.15) is 0 Å². The number of hydrogen-bond donors (Lipinski definition) is 1. The second kappa shape index (κ2) is 7.38. The fraction of sp³-hybridized carbons (Fsp3) is 0.188. The fourth-order valence-electron chi connectivity index (χ4n) is 2.15. The Kier molecular flexibility index (Phi) is 5.23. The van der Waals surface area contributed by atoms with Gasteiger partial charge in [0.05, 0.1) is 11.4 Å². The fourth-order valence-corrected chi connectivity index (χ4v) is 3.89. The number of fused-ring (bicyclic) bond motifs is 1. The van der Waals surface area contributed by atoms with Gasteiger partial charge >= 0.3 is 0 Å². The molecule has 124 valence electrons. The van der Waals surface area contributed by atoms with Crippen molar-refractivity contribution in [2.24, 2.45) is 0 Å². The molecular formula is C16H14ClN3O2S2. The third kappa shape index (κ3) is 3.98. The van der Waals surface area contributed by atoms with E-state index < -0.39 is 0 Å². The number of nitrogens with one attached hydrogen (secondary N) is 1. The number of anilines is 1. The van der Waals surface area contributed by atoms with E-state index in [9.17, 15) is 9.59 Å². The maximum absolute atomic E-state index is 12.1. The van der Waals surface area contributed by atoms with Crippen LogP contribution in [0.1, 0.15) is 11.4 Å². The minimum Gasteiger partial charge on any atom is -0.325 e. The first-order chi connectivity index (χ1) is 11.5. The second-order valence-corrected chi connectivity index (χ2v) is 7.39. The predicted molar refractivity (Wildman–Crippen MR) is 100 cm³/mol. The molecule has 0 aliphatic rings. The smallest absolute Gasteiger partial charge is 0.258 e. The summed E-state index contributed by atoms with van der Waals surface area (Å²) in [5, 5.41) is 5.32. The Labute approximate surface area is 151 Å². The molecule has 0 spiro atoms. The molecular weight excluding hydrogens is 366 g/mol. The van der Waals surface area contributed by atoms with Gasteiger partial charge in [0, 0.05) is 33.6 Å². The van der Waals surface area contributed by atoms with Crippen molar-refractivity contribution in [3.8, 4) is 0 Å². The Morgan fingerprint density at radius 3 is 2.88 bits per heavy atom. The number of hydrogen-bond acceptors (Lipinski definition) is 5. The van der Waals surface area contributed by atoms with E-state index in [1.54, 1.807) is 28.7 Å². The van der Waals surface area contributed by atoms with Crippen LogP contribution in [0.3, 0.4) is 0 Å². The first-order valence-electron chi connectivity index (χ1n) is 7.13. The number of rotatable bonds is 5. The van der Waals surface area contributed by atoms with E-state index >= 15 is 0 Å². The molecule has 0 radical (unpaired) electrons. The van der Waals surface area contributed by atoms with E-state index in [1.165, 1.54) is 29.2 Å². The third-order valence-electron chi connectivity index (χ3n) is 3.24. The average Bonchev–Trinajstić information content (AvgIpc) is 2.91. The summed E-state index contributed by atoms with van der Waals surface area (Å²) in [6, 6.07) is 8.47. The maximum Gasteiger partial charge on any atom is 0.258 e.